The maximum atomic E-state index is 12.3. The molecule has 1 aromatic carbocycles. The van der Waals surface area contributed by atoms with Gasteiger partial charge in [0.2, 0.25) is 0 Å². The third kappa shape index (κ3) is 4.07. The predicted octanol–water partition coefficient (Wildman–Crippen LogP) is 3.17. The molecule has 0 heterocycles. The molecule has 0 unspecified atom stereocenters. The lowest BCUT2D eigenvalue weighted by Crippen LogP contribution is -2.34. The molecule has 2 saturated carbocycles. The fourth-order valence-corrected chi connectivity index (χ4v) is 3.21. The molecule has 0 radical (unpaired) electrons. The lowest BCUT2D eigenvalue weighted by atomic mass is 10.0. The van der Waals surface area contributed by atoms with Crippen molar-refractivity contribution in [3.05, 3.63) is 35.4 Å². The quantitative estimate of drug-likeness (QED) is 0.835. The second kappa shape index (κ2) is 6.18. The lowest BCUT2D eigenvalue weighted by molar-refractivity contribution is 0.0933. The summed E-state index contributed by atoms with van der Waals surface area (Å²) in [5, 5.41) is 3.19. The summed E-state index contributed by atoms with van der Waals surface area (Å²) in [5.74, 6) is 0.0716. The zero-order valence-electron chi connectivity index (χ0n) is 12.7. The third-order valence-electron chi connectivity index (χ3n) is 4.85. The normalized spacial score (nSPS) is 21.6. The van der Waals surface area contributed by atoms with E-state index in [1.807, 2.05) is 12.1 Å². The van der Waals surface area contributed by atoms with Gasteiger partial charge in [0.05, 0.1) is 0 Å². The molecule has 0 saturated heterocycles. The maximum Gasteiger partial charge on any atom is 0.251 e. The summed E-state index contributed by atoms with van der Waals surface area (Å²) < 4.78 is 0. The number of hydrogen-bond acceptors (Lipinski definition) is 2. The van der Waals surface area contributed by atoms with Crippen LogP contribution in [-0.2, 0) is 6.42 Å². The molecule has 2 aliphatic rings. The number of nitrogens with two attached hydrogens (primary N) is 1. The fraction of sp³-hybridized carbons (Fsp3) is 0.611. The van der Waals surface area contributed by atoms with E-state index in [1.54, 1.807) is 0 Å². The first-order valence-corrected chi connectivity index (χ1v) is 8.33. The van der Waals surface area contributed by atoms with E-state index < -0.39 is 0 Å². The van der Waals surface area contributed by atoms with Gasteiger partial charge in [-0.05, 0) is 49.8 Å². The first-order valence-electron chi connectivity index (χ1n) is 8.33. The van der Waals surface area contributed by atoms with Gasteiger partial charge in [0.1, 0.15) is 0 Å². The number of nitrogens with one attached hydrogen (secondary N) is 1. The van der Waals surface area contributed by atoms with Crippen LogP contribution in [-0.4, -0.2) is 17.5 Å². The molecule has 3 rings (SSSR count). The molecule has 1 amide bonds. The first kappa shape index (κ1) is 14.6. The molecular weight excluding hydrogens is 260 g/mol. The number of carbonyl (C=O) groups is 1. The standard InChI is InChI=1S/C18H26N2O/c19-18(11-12-18)13-14-7-9-15(10-8-14)17(21)20-16-5-3-1-2-4-6-16/h7-10,16H,1-6,11-13,19H2,(H,20,21). The van der Waals surface area contributed by atoms with E-state index >= 15 is 0 Å². The number of carbonyl (C=O) groups excluding carboxylic acids is 1. The molecule has 0 aromatic heterocycles. The number of benzene rings is 1. The van der Waals surface area contributed by atoms with E-state index in [1.165, 1.54) is 31.2 Å². The second-order valence-corrected chi connectivity index (χ2v) is 6.90. The Balaban J connectivity index is 1.56. The first-order chi connectivity index (χ1) is 10.1. The van der Waals surface area contributed by atoms with Crippen molar-refractivity contribution in [3.8, 4) is 0 Å². The fourth-order valence-electron chi connectivity index (χ4n) is 3.21. The van der Waals surface area contributed by atoms with Gasteiger partial charge in [-0.25, -0.2) is 0 Å². The molecule has 0 spiro atoms. The average molecular weight is 286 g/mol. The highest BCUT2D eigenvalue weighted by atomic mass is 16.1. The van der Waals surface area contributed by atoms with Crippen LogP contribution < -0.4 is 11.1 Å². The van der Waals surface area contributed by atoms with Crippen LogP contribution >= 0.6 is 0 Å². The summed E-state index contributed by atoms with van der Waals surface area (Å²) in [4.78, 5) is 12.3. The van der Waals surface area contributed by atoms with Crippen LogP contribution in [0.15, 0.2) is 24.3 Å². The van der Waals surface area contributed by atoms with Gasteiger partial charge in [-0.15, -0.1) is 0 Å². The van der Waals surface area contributed by atoms with Crippen LogP contribution in [0.2, 0.25) is 0 Å². The van der Waals surface area contributed by atoms with Gasteiger partial charge < -0.3 is 11.1 Å². The summed E-state index contributed by atoms with van der Waals surface area (Å²) in [6.07, 6.45) is 10.5. The summed E-state index contributed by atoms with van der Waals surface area (Å²) in [6, 6.07) is 8.34. The highest BCUT2D eigenvalue weighted by molar-refractivity contribution is 5.94. The molecule has 21 heavy (non-hydrogen) atoms. The molecule has 3 N–H and O–H groups in total. The summed E-state index contributed by atoms with van der Waals surface area (Å²) in [5.41, 5.74) is 8.17. The van der Waals surface area contributed by atoms with Crippen LogP contribution in [0, 0.1) is 0 Å². The van der Waals surface area contributed by atoms with Crippen LogP contribution in [0.25, 0.3) is 0 Å². The summed E-state index contributed by atoms with van der Waals surface area (Å²) in [6.45, 7) is 0. The molecule has 2 aliphatic carbocycles. The Kier molecular flexibility index (Phi) is 4.29. The Morgan fingerprint density at radius 2 is 1.71 bits per heavy atom. The minimum atomic E-state index is 0.0319. The second-order valence-electron chi connectivity index (χ2n) is 6.90. The van der Waals surface area contributed by atoms with Gasteiger partial charge in [0.15, 0.2) is 0 Å². The van der Waals surface area contributed by atoms with E-state index in [0.717, 1.165) is 37.7 Å². The van der Waals surface area contributed by atoms with Crippen LogP contribution in [0.3, 0.4) is 0 Å². The van der Waals surface area contributed by atoms with Gasteiger partial charge in [0, 0.05) is 17.1 Å². The van der Waals surface area contributed by atoms with Crippen LogP contribution in [0.5, 0.6) is 0 Å². The third-order valence-corrected chi connectivity index (χ3v) is 4.85. The Bertz CT molecular complexity index is 482. The maximum absolute atomic E-state index is 12.3. The monoisotopic (exact) mass is 286 g/mol. The van der Waals surface area contributed by atoms with Crippen molar-refractivity contribution in [2.45, 2.75) is 69.4 Å². The van der Waals surface area contributed by atoms with Gasteiger partial charge >= 0.3 is 0 Å². The largest absolute Gasteiger partial charge is 0.349 e. The average Bonchev–Trinajstić information content (AvgIpc) is 3.24. The molecule has 0 aliphatic heterocycles. The Morgan fingerprint density at radius 1 is 1.10 bits per heavy atom. The summed E-state index contributed by atoms with van der Waals surface area (Å²) >= 11 is 0. The predicted molar refractivity (Wildman–Crippen MR) is 85.3 cm³/mol. The molecule has 114 valence electrons. The van der Waals surface area contributed by atoms with Crippen molar-refractivity contribution in [2.24, 2.45) is 5.73 Å². The van der Waals surface area contributed by atoms with Crippen molar-refractivity contribution in [1.82, 2.24) is 5.32 Å². The van der Waals surface area contributed by atoms with E-state index in [9.17, 15) is 4.79 Å². The highest BCUT2D eigenvalue weighted by Gasteiger charge is 2.37. The zero-order valence-corrected chi connectivity index (χ0v) is 12.7. The van der Waals surface area contributed by atoms with Gasteiger partial charge in [0.25, 0.3) is 5.91 Å². The number of rotatable bonds is 4. The zero-order chi connectivity index (χ0) is 14.7. The van der Waals surface area contributed by atoms with Gasteiger partial charge in [-0.3, -0.25) is 4.79 Å². The molecule has 3 nitrogen and oxygen atoms in total. The van der Waals surface area contributed by atoms with Gasteiger partial charge in [-0.2, -0.15) is 0 Å². The molecule has 0 atom stereocenters. The molecule has 2 fully saturated rings. The Morgan fingerprint density at radius 3 is 2.29 bits per heavy atom. The topological polar surface area (TPSA) is 55.1 Å². The smallest absolute Gasteiger partial charge is 0.251 e. The SMILES string of the molecule is NC1(Cc2ccc(C(=O)NC3CCCCCC3)cc2)CC1. The van der Waals surface area contributed by atoms with Crippen LogP contribution in [0.1, 0.15) is 67.3 Å². The van der Waals surface area contributed by atoms with Gasteiger partial charge in [-0.1, -0.05) is 37.8 Å². The number of hydrogen-bond donors (Lipinski definition) is 2. The molecule has 1 aromatic rings. The Labute approximate surface area is 127 Å². The van der Waals surface area contributed by atoms with Crippen LogP contribution in [0.4, 0.5) is 0 Å². The van der Waals surface area contributed by atoms with E-state index in [0.29, 0.717) is 6.04 Å². The summed E-state index contributed by atoms with van der Waals surface area (Å²) in [7, 11) is 0. The lowest BCUT2D eigenvalue weighted by Gasteiger charge is -2.16. The van der Waals surface area contributed by atoms with Crippen molar-refractivity contribution in [2.75, 3.05) is 0 Å². The van der Waals surface area contributed by atoms with Crippen molar-refractivity contribution in [1.29, 1.82) is 0 Å². The van der Waals surface area contributed by atoms with Crippen molar-refractivity contribution < 1.29 is 4.79 Å². The highest BCUT2D eigenvalue weighted by Crippen LogP contribution is 2.35. The minimum absolute atomic E-state index is 0.0319. The van der Waals surface area contributed by atoms with E-state index in [2.05, 4.69) is 17.4 Å². The number of amides is 1. The molecule has 0 bridgehead atoms. The minimum Gasteiger partial charge on any atom is -0.349 e. The molecular formula is C18H26N2O. The van der Waals surface area contributed by atoms with E-state index in [4.69, 9.17) is 5.73 Å². The molecule has 3 heteroatoms. The Hall–Kier alpha value is -1.35. The van der Waals surface area contributed by atoms with Crippen molar-refractivity contribution in [3.63, 3.8) is 0 Å². The van der Waals surface area contributed by atoms with E-state index in [-0.39, 0.29) is 11.4 Å². The van der Waals surface area contributed by atoms with Crippen molar-refractivity contribution >= 4 is 5.91 Å².